The highest BCUT2D eigenvalue weighted by atomic mass is 16.5. The van der Waals surface area contributed by atoms with Crippen LogP contribution >= 0.6 is 0 Å². The normalized spacial score (nSPS) is 16.2. The topological polar surface area (TPSA) is 87.2 Å². The van der Waals surface area contributed by atoms with Gasteiger partial charge in [0.25, 0.3) is 0 Å². The van der Waals surface area contributed by atoms with Crippen molar-refractivity contribution in [1.82, 2.24) is 10.2 Å². The molecule has 0 spiro atoms. The van der Waals surface area contributed by atoms with Crippen LogP contribution in [0.2, 0.25) is 0 Å². The monoisotopic (exact) mass is 361 g/mol. The molecule has 1 aliphatic heterocycles. The van der Waals surface area contributed by atoms with Crippen LogP contribution in [0.4, 0.5) is 5.82 Å². The Labute approximate surface area is 156 Å². The number of aromatic hydroxyl groups is 1. The van der Waals surface area contributed by atoms with Gasteiger partial charge in [0.2, 0.25) is 5.91 Å². The maximum atomic E-state index is 12.1. The number of methoxy groups -OCH3 is 1. The number of benzene rings is 2. The van der Waals surface area contributed by atoms with Gasteiger partial charge in [0.1, 0.15) is 0 Å². The van der Waals surface area contributed by atoms with Crippen LogP contribution in [0.3, 0.4) is 0 Å². The number of ether oxygens (including phenoxy) is 1. The van der Waals surface area contributed by atoms with Crippen LogP contribution in [0.25, 0.3) is 17.3 Å². The van der Waals surface area contributed by atoms with Gasteiger partial charge < -0.3 is 15.2 Å². The number of aromatic nitrogens is 2. The first-order valence-electron chi connectivity index (χ1n) is 8.64. The quantitative estimate of drug-likeness (QED) is 0.657. The molecule has 1 aromatic heterocycles. The summed E-state index contributed by atoms with van der Waals surface area (Å²) in [6.45, 7) is 0. The summed E-state index contributed by atoms with van der Waals surface area (Å²) in [5, 5.41) is 19.9. The second-order valence-corrected chi connectivity index (χ2v) is 6.38. The highest BCUT2D eigenvalue weighted by molar-refractivity contribution is 5.95. The van der Waals surface area contributed by atoms with E-state index in [4.69, 9.17) is 4.74 Å². The predicted molar refractivity (Wildman–Crippen MR) is 104 cm³/mol. The average Bonchev–Trinajstić information content (AvgIpc) is 3.11. The standard InChI is InChI=1S/C21H19N3O3/c1-27-17-11-13(8-10-16(17)25)7-9-15-12-18(26)22-21-19(15)20(23-24-21)14-5-3-2-4-6-14/h2-11,15,25H,12H2,1H3,(H2,22,23,24,26)/b9-7+. The van der Waals surface area contributed by atoms with E-state index in [2.05, 4.69) is 15.5 Å². The van der Waals surface area contributed by atoms with Gasteiger partial charge in [-0.3, -0.25) is 9.89 Å². The molecule has 3 aromatic rings. The number of phenols is 1. The number of carbonyl (C=O) groups excluding carboxylic acids is 1. The number of nitrogens with one attached hydrogen (secondary N) is 2. The number of aromatic amines is 1. The van der Waals surface area contributed by atoms with Crippen LogP contribution in [0, 0.1) is 0 Å². The maximum absolute atomic E-state index is 12.1. The van der Waals surface area contributed by atoms with Crippen molar-refractivity contribution < 1.29 is 14.6 Å². The molecule has 4 rings (SSSR count). The fourth-order valence-electron chi connectivity index (χ4n) is 3.31. The summed E-state index contributed by atoms with van der Waals surface area (Å²) in [6, 6.07) is 15.1. The lowest BCUT2D eigenvalue weighted by Gasteiger charge is -2.20. The lowest BCUT2D eigenvalue weighted by molar-refractivity contribution is -0.116. The molecule has 0 bridgehead atoms. The largest absolute Gasteiger partial charge is 0.504 e. The summed E-state index contributed by atoms with van der Waals surface area (Å²) in [7, 11) is 1.51. The fourth-order valence-corrected chi connectivity index (χ4v) is 3.31. The van der Waals surface area contributed by atoms with Gasteiger partial charge in [-0.25, -0.2) is 0 Å². The molecular formula is C21H19N3O3. The van der Waals surface area contributed by atoms with Gasteiger partial charge in [-0.15, -0.1) is 0 Å². The number of hydrogen-bond donors (Lipinski definition) is 3. The van der Waals surface area contributed by atoms with E-state index >= 15 is 0 Å². The van der Waals surface area contributed by atoms with E-state index in [1.54, 1.807) is 18.2 Å². The maximum Gasteiger partial charge on any atom is 0.226 e. The zero-order chi connectivity index (χ0) is 18.8. The number of hydrogen-bond acceptors (Lipinski definition) is 4. The first kappa shape index (κ1) is 16.9. The Morgan fingerprint density at radius 2 is 2.04 bits per heavy atom. The molecule has 2 aromatic carbocycles. The molecule has 0 saturated carbocycles. The van der Waals surface area contributed by atoms with Crippen molar-refractivity contribution in [2.75, 3.05) is 12.4 Å². The number of nitrogens with zero attached hydrogens (tertiary/aromatic N) is 1. The van der Waals surface area contributed by atoms with Crippen LogP contribution in [0.1, 0.15) is 23.5 Å². The van der Waals surface area contributed by atoms with E-state index < -0.39 is 0 Å². The van der Waals surface area contributed by atoms with Gasteiger partial charge >= 0.3 is 0 Å². The Morgan fingerprint density at radius 1 is 1.22 bits per heavy atom. The number of phenolic OH excluding ortho intramolecular Hbond substituents is 1. The molecule has 3 N–H and O–H groups in total. The predicted octanol–water partition coefficient (Wildman–Crippen LogP) is 3.93. The summed E-state index contributed by atoms with van der Waals surface area (Å²) < 4.78 is 5.15. The molecule has 1 amide bonds. The number of rotatable bonds is 4. The van der Waals surface area contributed by atoms with E-state index in [1.807, 2.05) is 42.5 Å². The van der Waals surface area contributed by atoms with Crippen LogP contribution < -0.4 is 10.1 Å². The average molecular weight is 361 g/mol. The molecule has 27 heavy (non-hydrogen) atoms. The van der Waals surface area contributed by atoms with E-state index in [0.717, 1.165) is 22.4 Å². The third kappa shape index (κ3) is 3.29. The van der Waals surface area contributed by atoms with Gasteiger partial charge in [0.15, 0.2) is 17.3 Å². The van der Waals surface area contributed by atoms with E-state index in [1.165, 1.54) is 7.11 Å². The molecule has 1 aliphatic rings. The minimum atomic E-state index is -0.109. The first-order chi connectivity index (χ1) is 13.2. The minimum absolute atomic E-state index is 0.0634. The van der Waals surface area contributed by atoms with Crippen LogP contribution in [0.15, 0.2) is 54.6 Å². The van der Waals surface area contributed by atoms with E-state index in [0.29, 0.717) is 18.0 Å². The van der Waals surface area contributed by atoms with Crippen molar-refractivity contribution in [1.29, 1.82) is 0 Å². The van der Waals surface area contributed by atoms with Crippen molar-refractivity contribution >= 4 is 17.8 Å². The highest BCUT2D eigenvalue weighted by Crippen LogP contribution is 2.39. The Bertz CT molecular complexity index is 1010. The lowest BCUT2D eigenvalue weighted by Crippen LogP contribution is -2.21. The highest BCUT2D eigenvalue weighted by Gasteiger charge is 2.29. The Balaban J connectivity index is 1.71. The van der Waals surface area contributed by atoms with Crippen molar-refractivity contribution in [2.45, 2.75) is 12.3 Å². The number of anilines is 1. The van der Waals surface area contributed by atoms with Gasteiger partial charge in [0.05, 0.1) is 12.8 Å². The number of allylic oxidation sites excluding steroid dienone is 1. The molecule has 0 radical (unpaired) electrons. The van der Waals surface area contributed by atoms with Crippen molar-refractivity contribution in [3.05, 3.63) is 65.7 Å². The lowest BCUT2D eigenvalue weighted by atomic mass is 9.89. The third-order valence-electron chi connectivity index (χ3n) is 4.63. The number of fused-ring (bicyclic) bond motifs is 1. The zero-order valence-corrected chi connectivity index (χ0v) is 14.8. The Hall–Kier alpha value is -3.54. The molecule has 1 atom stereocenters. The van der Waals surface area contributed by atoms with Gasteiger partial charge in [-0.1, -0.05) is 48.6 Å². The summed E-state index contributed by atoms with van der Waals surface area (Å²) >= 11 is 0. The molecule has 6 heteroatoms. The fraction of sp³-hybridized carbons (Fsp3) is 0.143. The SMILES string of the molecule is COc1cc(/C=C/C2CC(=O)Nc3n[nH]c(-c4ccccc4)c32)ccc1O. The summed E-state index contributed by atoms with van der Waals surface area (Å²) in [6.07, 6.45) is 4.26. The molecule has 6 nitrogen and oxygen atoms in total. The molecular weight excluding hydrogens is 342 g/mol. The molecule has 0 saturated heterocycles. The second-order valence-electron chi connectivity index (χ2n) is 6.38. The van der Waals surface area contributed by atoms with Gasteiger partial charge in [0, 0.05) is 17.9 Å². The summed E-state index contributed by atoms with van der Waals surface area (Å²) in [5.41, 5.74) is 3.78. The third-order valence-corrected chi connectivity index (χ3v) is 4.63. The van der Waals surface area contributed by atoms with Gasteiger partial charge in [-0.2, -0.15) is 5.10 Å². The Morgan fingerprint density at radius 3 is 2.81 bits per heavy atom. The summed E-state index contributed by atoms with van der Waals surface area (Å²) in [5.74, 6) is 0.903. The molecule has 0 fully saturated rings. The van der Waals surface area contributed by atoms with Crippen molar-refractivity contribution in [3.8, 4) is 22.8 Å². The van der Waals surface area contributed by atoms with Crippen molar-refractivity contribution in [3.63, 3.8) is 0 Å². The number of amides is 1. The van der Waals surface area contributed by atoms with Crippen molar-refractivity contribution in [2.24, 2.45) is 0 Å². The van der Waals surface area contributed by atoms with Crippen LogP contribution in [0.5, 0.6) is 11.5 Å². The van der Waals surface area contributed by atoms with Crippen LogP contribution in [-0.2, 0) is 4.79 Å². The minimum Gasteiger partial charge on any atom is -0.504 e. The second kappa shape index (κ2) is 6.99. The number of H-pyrrole nitrogens is 1. The smallest absolute Gasteiger partial charge is 0.226 e. The van der Waals surface area contributed by atoms with E-state index in [-0.39, 0.29) is 17.6 Å². The zero-order valence-electron chi connectivity index (χ0n) is 14.8. The molecule has 2 heterocycles. The summed E-state index contributed by atoms with van der Waals surface area (Å²) in [4.78, 5) is 12.1. The van der Waals surface area contributed by atoms with Gasteiger partial charge in [-0.05, 0) is 23.3 Å². The molecule has 136 valence electrons. The molecule has 1 unspecified atom stereocenters. The number of carbonyl (C=O) groups is 1. The van der Waals surface area contributed by atoms with E-state index in [9.17, 15) is 9.90 Å². The first-order valence-corrected chi connectivity index (χ1v) is 8.64. The Kier molecular flexibility index (Phi) is 4.38. The van der Waals surface area contributed by atoms with Crippen LogP contribution in [-0.4, -0.2) is 28.3 Å². The molecule has 0 aliphatic carbocycles.